The highest BCUT2D eigenvalue weighted by Gasteiger charge is 2.14. The van der Waals surface area contributed by atoms with Gasteiger partial charge in [0.25, 0.3) is 5.91 Å². The van der Waals surface area contributed by atoms with Crippen molar-refractivity contribution < 1.29 is 4.79 Å². The number of nitrogen functional groups attached to an aromatic ring is 1. The van der Waals surface area contributed by atoms with E-state index in [4.69, 9.17) is 5.73 Å². The van der Waals surface area contributed by atoms with E-state index < -0.39 is 0 Å². The topological polar surface area (TPSA) is 55.1 Å². The normalized spacial score (nSPS) is 12.4. The van der Waals surface area contributed by atoms with Gasteiger partial charge in [0.05, 0.1) is 10.9 Å². The van der Waals surface area contributed by atoms with Crippen molar-refractivity contribution in [2.45, 2.75) is 13.0 Å². The molecule has 0 bridgehead atoms. The zero-order valence-corrected chi connectivity index (χ0v) is 12.6. The molecular weight excluding hydrogens is 288 g/mol. The van der Waals surface area contributed by atoms with Crippen molar-refractivity contribution in [2.24, 2.45) is 0 Å². The van der Waals surface area contributed by atoms with Gasteiger partial charge in [0.2, 0.25) is 0 Å². The number of amides is 1. The molecule has 0 saturated heterocycles. The summed E-state index contributed by atoms with van der Waals surface area (Å²) in [5.41, 5.74) is 7.49. The highest BCUT2D eigenvalue weighted by atomic mass is 32.1. The molecule has 2 heterocycles. The number of hydrogen-bond donors (Lipinski definition) is 2. The summed E-state index contributed by atoms with van der Waals surface area (Å²) in [5.74, 6) is -0.0340. The molecule has 1 aromatic carbocycles. The van der Waals surface area contributed by atoms with E-state index in [0.29, 0.717) is 5.69 Å². The maximum atomic E-state index is 12.3. The molecule has 0 aliphatic carbocycles. The van der Waals surface area contributed by atoms with Crippen LogP contribution in [0.25, 0.3) is 9.40 Å². The fourth-order valence-electron chi connectivity index (χ4n) is 2.06. The SMILES string of the molecule is CC(NC(=O)c1cc2sccc2s1)c1cccc(N)c1. The van der Waals surface area contributed by atoms with Gasteiger partial charge in [0.1, 0.15) is 0 Å². The van der Waals surface area contributed by atoms with Crippen LogP contribution in [-0.4, -0.2) is 5.91 Å². The minimum atomic E-state index is -0.0638. The first-order chi connectivity index (χ1) is 9.63. The van der Waals surface area contributed by atoms with Crippen molar-refractivity contribution in [3.63, 3.8) is 0 Å². The first-order valence-electron chi connectivity index (χ1n) is 6.27. The Morgan fingerprint density at radius 1 is 1.25 bits per heavy atom. The number of benzene rings is 1. The molecule has 0 spiro atoms. The van der Waals surface area contributed by atoms with Gasteiger partial charge in [-0.05, 0) is 42.1 Å². The zero-order chi connectivity index (χ0) is 14.1. The third kappa shape index (κ3) is 2.55. The van der Waals surface area contributed by atoms with Crippen LogP contribution >= 0.6 is 22.7 Å². The highest BCUT2D eigenvalue weighted by molar-refractivity contribution is 7.27. The lowest BCUT2D eigenvalue weighted by Crippen LogP contribution is -2.25. The number of fused-ring (bicyclic) bond motifs is 1. The van der Waals surface area contributed by atoms with Gasteiger partial charge < -0.3 is 11.1 Å². The number of rotatable bonds is 3. The fourth-order valence-corrected chi connectivity index (χ4v) is 4.07. The second-order valence-electron chi connectivity index (χ2n) is 4.63. The molecule has 2 aromatic heterocycles. The van der Waals surface area contributed by atoms with Gasteiger partial charge in [-0.3, -0.25) is 4.79 Å². The van der Waals surface area contributed by atoms with Crippen LogP contribution < -0.4 is 11.1 Å². The van der Waals surface area contributed by atoms with E-state index in [1.807, 2.05) is 48.7 Å². The lowest BCUT2D eigenvalue weighted by molar-refractivity contribution is 0.0944. The Labute approximate surface area is 125 Å². The molecule has 3 aromatic rings. The van der Waals surface area contributed by atoms with Crippen LogP contribution in [0.3, 0.4) is 0 Å². The molecule has 3 rings (SSSR count). The number of nitrogens with one attached hydrogen (secondary N) is 1. The van der Waals surface area contributed by atoms with Crippen LogP contribution in [0, 0.1) is 0 Å². The molecule has 3 nitrogen and oxygen atoms in total. The Kier molecular flexibility index (Phi) is 3.46. The quantitative estimate of drug-likeness (QED) is 0.718. The predicted octanol–water partition coefficient (Wildman–Crippen LogP) is 4.04. The molecule has 0 radical (unpaired) electrons. The third-order valence-corrected chi connectivity index (χ3v) is 5.21. The van der Waals surface area contributed by atoms with E-state index in [1.165, 1.54) is 11.3 Å². The van der Waals surface area contributed by atoms with Crippen LogP contribution in [0.2, 0.25) is 0 Å². The number of carbonyl (C=O) groups is 1. The third-order valence-electron chi connectivity index (χ3n) is 3.12. The smallest absolute Gasteiger partial charge is 0.261 e. The summed E-state index contributed by atoms with van der Waals surface area (Å²) < 4.78 is 2.33. The maximum Gasteiger partial charge on any atom is 0.261 e. The van der Waals surface area contributed by atoms with E-state index >= 15 is 0 Å². The average molecular weight is 302 g/mol. The van der Waals surface area contributed by atoms with Gasteiger partial charge in [-0.15, -0.1) is 22.7 Å². The Bertz CT molecular complexity index is 731. The van der Waals surface area contributed by atoms with Crippen molar-refractivity contribution >= 4 is 43.7 Å². The molecular formula is C15H14N2OS2. The van der Waals surface area contributed by atoms with Crippen molar-refractivity contribution in [3.05, 3.63) is 52.2 Å². The van der Waals surface area contributed by atoms with Gasteiger partial charge >= 0.3 is 0 Å². The molecule has 5 heteroatoms. The largest absolute Gasteiger partial charge is 0.399 e. The van der Waals surface area contributed by atoms with Gasteiger partial charge in [-0.25, -0.2) is 0 Å². The van der Waals surface area contributed by atoms with Crippen LogP contribution in [0.4, 0.5) is 5.69 Å². The van der Waals surface area contributed by atoms with Crippen molar-refractivity contribution in [3.8, 4) is 0 Å². The van der Waals surface area contributed by atoms with Crippen LogP contribution in [0.15, 0.2) is 41.8 Å². The molecule has 1 amide bonds. The molecule has 3 N–H and O–H groups in total. The number of thiophene rings is 2. The van der Waals surface area contributed by atoms with Gasteiger partial charge in [-0.1, -0.05) is 12.1 Å². The Hall–Kier alpha value is -1.85. The average Bonchev–Trinajstić information content (AvgIpc) is 2.99. The van der Waals surface area contributed by atoms with Crippen LogP contribution in [0.1, 0.15) is 28.2 Å². The van der Waals surface area contributed by atoms with E-state index in [2.05, 4.69) is 5.32 Å². The Morgan fingerprint density at radius 3 is 2.85 bits per heavy atom. The highest BCUT2D eigenvalue weighted by Crippen LogP contribution is 2.30. The minimum Gasteiger partial charge on any atom is -0.399 e. The van der Waals surface area contributed by atoms with E-state index in [0.717, 1.165) is 19.8 Å². The van der Waals surface area contributed by atoms with Crippen molar-refractivity contribution in [1.82, 2.24) is 5.32 Å². The van der Waals surface area contributed by atoms with Gasteiger partial charge in [0.15, 0.2) is 0 Å². The molecule has 20 heavy (non-hydrogen) atoms. The number of carbonyl (C=O) groups excluding carboxylic acids is 1. The summed E-state index contributed by atoms with van der Waals surface area (Å²) in [6, 6.07) is 11.5. The summed E-state index contributed by atoms with van der Waals surface area (Å²) in [6.45, 7) is 1.96. The molecule has 0 saturated carbocycles. The second-order valence-corrected chi connectivity index (χ2v) is 6.66. The van der Waals surface area contributed by atoms with E-state index in [1.54, 1.807) is 11.3 Å². The maximum absolute atomic E-state index is 12.3. The molecule has 102 valence electrons. The minimum absolute atomic E-state index is 0.0340. The summed E-state index contributed by atoms with van der Waals surface area (Å²) in [4.78, 5) is 13.0. The lowest BCUT2D eigenvalue weighted by atomic mass is 10.1. The Balaban J connectivity index is 1.76. The van der Waals surface area contributed by atoms with Crippen LogP contribution in [0.5, 0.6) is 0 Å². The first kappa shape index (κ1) is 13.1. The number of hydrogen-bond acceptors (Lipinski definition) is 4. The molecule has 1 atom stereocenters. The van der Waals surface area contributed by atoms with E-state index in [-0.39, 0.29) is 11.9 Å². The Morgan fingerprint density at radius 2 is 2.10 bits per heavy atom. The predicted molar refractivity (Wildman–Crippen MR) is 86.4 cm³/mol. The molecule has 1 unspecified atom stereocenters. The standard InChI is InChI=1S/C15H14N2OS2/c1-9(10-3-2-4-11(16)7-10)17-15(18)14-8-13-12(20-14)5-6-19-13/h2-9H,16H2,1H3,(H,17,18). The summed E-state index contributed by atoms with van der Waals surface area (Å²) >= 11 is 3.18. The monoisotopic (exact) mass is 302 g/mol. The van der Waals surface area contributed by atoms with Crippen LogP contribution in [-0.2, 0) is 0 Å². The zero-order valence-electron chi connectivity index (χ0n) is 10.9. The van der Waals surface area contributed by atoms with Crippen molar-refractivity contribution in [2.75, 3.05) is 5.73 Å². The lowest BCUT2D eigenvalue weighted by Gasteiger charge is -2.14. The summed E-state index contributed by atoms with van der Waals surface area (Å²) in [7, 11) is 0. The van der Waals surface area contributed by atoms with E-state index in [9.17, 15) is 4.79 Å². The number of nitrogens with two attached hydrogens (primary N) is 1. The molecule has 0 aliphatic heterocycles. The first-order valence-corrected chi connectivity index (χ1v) is 7.96. The van der Waals surface area contributed by atoms with Gasteiger partial charge in [0, 0.05) is 15.1 Å². The molecule has 0 fully saturated rings. The number of anilines is 1. The fraction of sp³-hybridized carbons (Fsp3) is 0.133. The van der Waals surface area contributed by atoms with Crippen molar-refractivity contribution in [1.29, 1.82) is 0 Å². The van der Waals surface area contributed by atoms with Gasteiger partial charge in [-0.2, -0.15) is 0 Å². The second kappa shape index (κ2) is 5.26. The molecule has 0 aliphatic rings. The summed E-state index contributed by atoms with van der Waals surface area (Å²) in [5, 5.41) is 5.05. The summed E-state index contributed by atoms with van der Waals surface area (Å²) in [6.07, 6.45) is 0.